The van der Waals surface area contributed by atoms with Gasteiger partial charge in [-0.15, -0.1) is 11.8 Å². The van der Waals surface area contributed by atoms with E-state index in [0.717, 1.165) is 68.0 Å². The van der Waals surface area contributed by atoms with Crippen LogP contribution in [0.3, 0.4) is 0 Å². The zero-order valence-corrected chi connectivity index (χ0v) is 19.2. The molecule has 2 aliphatic heterocycles. The molecule has 1 aliphatic carbocycles. The second-order valence-electron chi connectivity index (χ2n) is 9.12. The fraction of sp³-hybridized carbons (Fsp3) is 0.458. The maximum Gasteiger partial charge on any atom is 0.254 e. The standard InChI is InChI=1S/C24H28N6OS/c1-32-20-5-4-17(14-19(20)28-10-2-3-11-28)23(31)30-13-12-29(15-24(30)7-8-24)22-18-6-9-25-21(18)26-16-27-22/h4-6,9,14,16H,2-3,7-8,10-13,15H2,1H3,(H,25,26,27). The van der Waals surface area contributed by atoms with Crippen LogP contribution in [0.1, 0.15) is 36.0 Å². The largest absolute Gasteiger partial charge is 0.371 e. The number of fused-ring (bicyclic) bond motifs is 1. The van der Waals surface area contributed by atoms with Crippen molar-refractivity contribution in [3.05, 3.63) is 42.4 Å². The van der Waals surface area contributed by atoms with Crippen LogP contribution in [0, 0.1) is 0 Å². The van der Waals surface area contributed by atoms with E-state index in [1.54, 1.807) is 18.1 Å². The quantitative estimate of drug-likeness (QED) is 0.613. The van der Waals surface area contributed by atoms with Gasteiger partial charge in [0.05, 0.1) is 16.6 Å². The lowest BCUT2D eigenvalue weighted by Crippen LogP contribution is -2.57. The molecule has 3 aromatic rings. The van der Waals surface area contributed by atoms with Crippen LogP contribution in [0.4, 0.5) is 11.5 Å². The summed E-state index contributed by atoms with van der Waals surface area (Å²) in [4.78, 5) is 33.9. The van der Waals surface area contributed by atoms with Crippen molar-refractivity contribution in [2.45, 2.75) is 36.1 Å². The van der Waals surface area contributed by atoms with Crippen LogP contribution >= 0.6 is 11.8 Å². The number of aromatic amines is 1. The third-order valence-corrected chi connectivity index (χ3v) is 8.01. The van der Waals surface area contributed by atoms with Gasteiger partial charge < -0.3 is 19.7 Å². The van der Waals surface area contributed by atoms with Crippen molar-refractivity contribution in [1.29, 1.82) is 0 Å². The van der Waals surface area contributed by atoms with Gasteiger partial charge in [0.15, 0.2) is 0 Å². The molecule has 0 atom stereocenters. The number of amides is 1. The van der Waals surface area contributed by atoms with Gasteiger partial charge in [-0.25, -0.2) is 9.97 Å². The number of rotatable bonds is 4. The summed E-state index contributed by atoms with van der Waals surface area (Å²) >= 11 is 1.76. The van der Waals surface area contributed by atoms with E-state index in [1.165, 1.54) is 23.4 Å². The maximum absolute atomic E-state index is 13.7. The molecule has 6 rings (SSSR count). The Morgan fingerprint density at radius 2 is 1.91 bits per heavy atom. The molecule has 1 aromatic carbocycles. The zero-order chi connectivity index (χ0) is 21.7. The van der Waals surface area contributed by atoms with Gasteiger partial charge in [0, 0.05) is 49.4 Å². The van der Waals surface area contributed by atoms with Gasteiger partial charge in [0.2, 0.25) is 0 Å². The number of carbonyl (C=O) groups is 1. The van der Waals surface area contributed by atoms with Crippen molar-refractivity contribution in [3.63, 3.8) is 0 Å². The molecule has 0 unspecified atom stereocenters. The number of carbonyl (C=O) groups excluding carboxylic acids is 1. The van der Waals surface area contributed by atoms with E-state index < -0.39 is 0 Å². The molecule has 166 valence electrons. The second kappa shape index (κ2) is 7.69. The van der Waals surface area contributed by atoms with E-state index in [1.807, 2.05) is 18.3 Å². The lowest BCUT2D eigenvalue weighted by Gasteiger charge is -2.43. The van der Waals surface area contributed by atoms with Gasteiger partial charge >= 0.3 is 0 Å². The van der Waals surface area contributed by atoms with E-state index in [2.05, 4.69) is 48.0 Å². The predicted octanol–water partition coefficient (Wildman–Crippen LogP) is 3.78. The molecule has 32 heavy (non-hydrogen) atoms. The molecule has 3 fully saturated rings. The van der Waals surface area contributed by atoms with Crippen molar-refractivity contribution in [3.8, 4) is 0 Å². The minimum atomic E-state index is -0.0745. The lowest BCUT2D eigenvalue weighted by molar-refractivity contribution is 0.0624. The van der Waals surface area contributed by atoms with Crippen molar-refractivity contribution >= 4 is 40.2 Å². The lowest BCUT2D eigenvalue weighted by atomic mass is 10.1. The Labute approximate surface area is 192 Å². The van der Waals surface area contributed by atoms with Crippen LogP contribution < -0.4 is 9.80 Å². The van der Waals surface area contributed by atoms with Gasteiger partial charge in [0.1, 0.15) is 17.8 Å². The summed E-state index contributed by atoms with van der Waals surface area (Å²) in [5.74, 6) is 1.14. The minimum Gasteiger partial charge on any atom is -0.371 e. The fourth-order valence-corrected chi connectivity index (χ4v) is 5.94. The van der Waals surface area contributed by atoms with Gasteiger partial charge in [0.25, 0.3) is 5.91 Å². The zero-order valence-electron chi connectivity index (χ0n) is 18.4. The third-order valence-electron chi connectivity index (χ3n) is 7.23. The summed E-state index contributed by atoms with van der Waals surface area (Å²) in [6, 6.07) is 8.32. The minimum absolute atomic E-state index is 0.0745. The highest BCUT2D eigenvalue weighted by Crippen LogP contribution is 2.46. The smallest absolute Gasteiger partial charge is 0.254 e. The van der Waals surface area contributed by atoms with Gasteiger partial charge in [-0.05, 0) is 56.2 Å². The van der Waals surface area contributed by atoms with Gasteiger partial charge in [-0.3, -0.25) is 4.79 Å². The number of nitrogens with zero attached hydrogens (tertiary/aromatic N) is 5. The number of aromatic nitrogens is 3. The molecular formula is C24H28N6OS. The molecule has 1 saturated carbocycles. The Balaban J connectivity index is 1.26. The summed E-state index contributed by atoms with van der Waals surface area (Å²) < 4.78 is 0. The number of thioether (sulfide) groups is 1. The summed E-state index contributed by atoms with van der Waals surface area (Å²) in [6.45, 7) is 4.50. The van der Waals surface area contributed by atoms with Gasteiger partial charge in [-0.2, -0.15) is 0 Å². The summed E-state index contributed by atoms with van der Waals surface area (Å²) in [5, 5.41) is 1.05. The van der Waals surface area contributed by atoms with E-state index >= 15 is 0 Å². The monoisotopic (exact) mass is 448 g/mol. The fourth-order valence-electron chi connectivity index (χ4n) is 5.34. The van der Waals surface area contributed by atoms with Crippen LogP contribution in [0.15, 0.2) is 41.7 Å². The summed E-state index contributed by atoms with van der Waals surface area (Å²) in [7, 11) is 0. The number of nitrogens with one attached hydrogen (secondary N) is 1. The highest BCUT2D eigenvalue weighted by atomic mass is 32.2. The molecule has 3 aliphatic rings. The third kappa shape index (κ3) is 3.23. The first-order chi connectivity index (χ1) is 15.7. The molecule has 2 saturated heterocycles. The van der Waals surface area contributed by atoms with E-state index in [9.17, 15) is 4.79 Å². The van der Waals surface area contributed by atoms with Crippen LogP contribution in [-0.2, 0) is 0 Å². The molecule has 1 spiro atoms. The van der Waals surface area contributed by atoms with Gasteiger partial charge in [-0.1, -0.05) is 0 Å². The number of anilines is 2. The first kappa shape index (κ1) is 19.9. The SMILES string of the molecule is CSc1ccc(C(=O)N2CCN(c3ncnc4[nH]ccc34)CC23CC3)cc1N1CCCC1. The molecule has 0 bridgehead atoms. The normalized spacial score (nSPS) is 19.8. The number of benzene rings is 1. The molecule has 7 nitrogen and oxygen atoms in total. The Bertz CT molecular complexity index is 1170. The molecule has 1 amide bonds. The van der Waals surface area contributed by atoms with Crippen LogP contribution in [0.2, 0.25) is 0 Å². The van der Waals surface area contributed by atoms with Crippen molar-refractivity contribution in [2.24, 2.45) is 0 Å². The first-order valence-corrected chi connectivity index (χ1v) is 12.7. The second-order valence-corrected chi connectivity index (χ2v) is 9.97. The Morgan fingerprint density at radius 3 is 2.69 bits per heavy atom. The molecule has 4 heterocycles. The summed E-state index contributed by atoms with van der Waals surface area (Å²) in [5.41, 5.74) is 2.83. The maximum atomic E-state index is 13.7. The number of hydrogen-bond donors (Lipinski definition) is 1. The number of hydrogen-bond acceptors (Lipinski definition) is 6. The Morgan fingerprint density at radius 1 is 1.06 bits per heavy atom. The number of H-pyrrole nitrogens is 1. The molecule has 0 radical (unpaired) electrons. The van der Waals surface area contributed by atoms with E-state index in [4.69, 9.17) is 0 Å². The average Bonchev–Trinajstić information content (AvgIpc) is 3.24. The Kier molecular flexibility index (Phi) is 4.78. The molecule has 2 aromatic heterocycles. The first-order valence-electron chi connectivity index (χ1n) is 11.5. The van der Waals surface area contributed by atoms with E-state index in [-0.39, 0.29) is 11.4 Å². The van der Waals surface area contributed by atoms with Crippen molar-refractivity contribution in [2.75, 3.05) is 48.8 Å². The highest BCUT2D eigenvalue weighted by molar-refractivity contribution is 7.98. The van der Waals surface area contributed by atoms with Crippen molar-refractivity contribution < 1.29 is 4.79 Å². The molecule has 8 heteroatoms. The summed E-state index contributed by atoms with van der Waals surface area (Å²) in [6.07, 6.45) is 10.2. The molecule has 1 N–H and O–H groups in total. The number of piperazine rings is 1. The van der Waals surface area contributed by atoms with Crippen LogP contribution in [0.25, 0.3) is 11.0 Å². The topological polar surface area (TPSA) is 68.4 Å². The molecular weight excluding hydrogens is 420 g/mol. The van der Waals surface area contributed by atoms with Crippen LogP contribution in [0.5, 0.6) is 0 Å². The van der Waals surface area contributed by atoms with Crippen molar-refractivity contribution in [1.82, 2.24) is 19.9 Å². The predicted molar refractivity (Wildman–Crippen MR) is 129 cm³/mol. The highest BCUT2D eigenvalue weighted by Gasteiger charge is 2.53. The van der Waals surface area contributed by atoms with Crippen LogP contribution in [-0.4, -0.2) is 70.3 Å². The van der Waals surface area contributed by atoms with E-state index in [0.29, 0.717) is 0 Å². The Hall–Kier alpha value is -2.74. The average molecular weight is 449 g/mol.